The molecule has 0 aromatic carbocycles. The third-order valence-corrected chi connectivity index (χ3v) is 6.66. The quantitative estimate of drug-likeness (QED) is 0.649. The first kappa shape index (κ1) is 16.3. The number of rotatable bonds is 9. The van der Waals surface area contributed by atoms with E-state index in [1.165, 1.54) is 0 Å². The van der Waals surface area contributed by atoms with Gasteiger partial charge in [0, 0.05) is 19.4 Å². The van der Waals surface area contributed by atoms with E-state index >= 15 is 0 Å². The van der Waals surface area contributed by atoms with E-state index in [9.17, 15) is 14.0 Å². The van der Waals surface area contributed by atoms with Crippen LogP contribution < -0.4 is 0 Å². The third kappa shape index (κ3) is 6.82. The third-order valence-electron chi connectivity index (χ3n) is 2.19. The van der Waals surface area contributed by atoms with Crippen molar-refractivity contribution in [3.05, 3.63) is 0 Å². The fourth-order valence-electron chi connectivity index (χ4n) is 1.21. The zero-order valence-electron chi connectivity index (χ0n) is 10.2. The summed E-state index contributed by atoms with van der Waals surface area (Å²) in [4.78, 5) is 9.20. The summed E-state index contributed by atoms with van der Waals surface area (Å²) in [6.07, 6.45) is 3.90. The molecule has 0 aromatic heterocycles. The lowest BCUT2D eigenvalue weighted by Crippen LogP contribution is -2.00. The molecule has 0 aliphatic rings. The molecule has 1 N–H and O–H groups in total. The highest BCUT2D eigenvalue weighted by atomic mass is 31.3. The first-order valence-corrected chi connectivity index (χ1v) is 9.06. The van der Waals surface area contributed by atoms with E-state index in [2.05, 4.69) is 4.52 Å². The highest BCUT2D eigenvalue weighted by Gasteiger charge is 2.32. The number of hydrogen-bond donors (Lipinski definition) is 1. The highest BCUT2D eigenvalue weighted by molar-refractivity contribution is 7.67. The lowest BCUT2D eigenvalue weighted by atomic mass is 10.4. The van der Waals surface area contributed by atoms with E-state index in [1.807, 2.05) is 13.8 Å². The summed E-state index contributed by atoms with van der Waals surface area (Å²) in [5, 5.41) is 0. The first-order valence-electron chi connectivity index (χ1n) is 5.57. The van der Waals surface area contributed by atoms with Crippen molar-refractivity contribution in [2.45, 2.75) is 39.5 Å². The molecule has 16 heavy (non-hydrogen) atoms. The lowest BCUT2D eigenvalue weighted by Gasteiger charge is -2.19. The molecule has 7 heteroatoms. The van der Waals surface area contributed by atoms with Crippen LogP contribution in [0.2, 0.25) is 0 Å². The molecule has 0 aliphatic heterocycles. The molecule has 1 atom stereocenters. The van der Waals surface area contributed by atoms with Crippen LogP contribution in [-0.2, 0) is 18.0 Å². The Labute approximate surface area is 97.6 Å². The predicted octanol–water partition coefficient (Wildman–Crippen LogP) is 3.63. The van der Waals surface area contributed by atoms with Gasteiger partial charge in [-0.1, -0.05) is 26.7 Å². The standard InChI is InChI=1S/C9H22O5P2/c1-4-6-8-15(10,9-7-5-2)14-16(11,12)13-3/h4-9H2,1-3H3,(H,11,12). The molecule has 0 fully saturated rings. The van der Waals surface area contributed by atoms with Gasteiger partial charge in [-0.25, -0.2) is 8.88 Å². The van der Waals surface area contributed by atoms with E-state index in [-0.39, 0.29) is 0 Å². The molecule has 0 radical (unpaired) electrons. The van der Waals surface area contributed by atoms with Crippen molar-refractivity contribution in [2.75, 3.05) is 19.4 Å². The molecule has 0 rings (SSSR count). The van der Waals surface area contributed by atoms with Gasteiger partial charge in [-0.2, -0.15) is 0 Å². The van der Waals surface area contributed by atoms with E-state index < -0.39 is 15.2 Å². The minimum atomic E-state index is -4.14. The zero-order chi connectivity index (χ0) is 12.7. The summed E-state index contributed by atoms with van der Waals surface area (Å²) in [7, 11) is -6.09. The van der Waals surface area contributed by atoms with Gasteiger partial charge in [-0.15, -0.1) is 0 Å². The van der Waals surface area contributed by atoms with Gasteiger partial charge in [-0.05, 0) is 12.8 Å². The maximum atomic E-state index is 12.3. The second-order valence-electron chi connectivity index (χ2n) is 3.70. The molecular weight excluding hydrogens is 250 g/mol. The summed E-state index contributed by atoms with van der Waals surface area (Å²) in [6.45, 7) is 3.94. The molecule has 0 aliphatic carbocycles. The Kier molecular flexibility index (Phi) is 7.79. The molecular formula is C9H22O5P2. The predicted molar refractivity (Wildman–Crippen MR) is 65.1 cm³/mol. The Hall–Kier alpha value is 0.340. The van der Waals surface area contributed by atoms with Gasteiger partial charge >= 0.3 is 7.82 Å². The van der Waals surface area contributed by atoms with Crippen molar-refractivity contribution in [3.8, 4) is 0 Å². The number of phosphoric ester groups is 1. The van der Waals surface area contributed by atoms with E-state index in [4.69, 9.17) is 4.31 Å². The summed E-state index contributed by atoms with van der Waals surface area (Å²) in [5.41, 5.74) is 0. The van der Waals surface area contributed by atoms with Crippen molar-refractivity contribution >= 4 is 15.2 Å². The van der Waals surface area contributed by atoms with Crippen LogP contribution in [0.1, 0.15) is 39.5 Å². The Morgan fingerprint density at radius 3 is 1.81 bits per heavy atom. The molecule has 0 bridgehead atoms. The number of unbranched alkanes of at least 4 members (excludes halogenated alkanes) is 2. The summed E-state index contributed by atoms with van der Waals surface area (Å²) in [6, 6.07) is 0. The Morgan fingerprint density at radius 1 is 1.06 bits per heavy atom. The average molecular weight is 272 g/mol. The van der Waals surface area contributed by atoms with Gasteiger partial charge in [-0.3, -0.25) is 9.09 Å². The van der Waals surface area contributed by atoms with E-state index in [1.54, 1.807) is 0 Å². The van der Waals surface area contributed by atoms with E-state index in [0.717, 1.165) is 32.8 Å². The lowest BCUT2D eigenvalue weighted by molar-refractivity contribution is 0.243. The van der Waals surface area contributed by atoms with Crippen LogP contribution in [0, 0.1) is 0 Å². The summed E-state index contributed by atoms with van der Waals surface area (Å²) < 4.78 is 32.7. The SMILES string of the molecule is CCCCP(=O)(CCCC)OP(=O)(O)OC. The topological polar surface area (TPSA) is 72.8 Å². The van der Waals surface area contributed by atoms with Crippen LogP contribution in [0.4, 0.5) is 0 Å². The van der Waals surface area contributed by atoms with Crippen molar-refractivity contribution in [1.29, 1.82) is 0 Å². The first-order chi connectivity index (χ1) is 7.39. The maximum absolute atomic E-state index is 12.3. The smallest absolute Gasteiger partial charge is 0.302 e. The molecule has 0 spiro atoms. The second kappa shape index (κ2) is 7.62. The zero-order valence-corrected chi connectivity index (χ0v) is 12.0. The van der Waals surface area contributed by atoms with Gasteiger partial charge in [0.1, 0.15) is 0 Å². The minimum Gasteiger partial charge on any atom is -0.302 e. The van der Waals surface area contributed by atoms with Gasteiger partial charge < -0.3 is 4.89 Å². The van der Waals surface area contributed by atoms with Crippen molar-refractivity contribution in [2.24, 2.45) is 0 Å². The molecule has 0 amide bonds. The van der Waals surface area contributed by atoms with Gasteiger partial charge in [0.25, 0.3) is 0 Å². The average Bonchev–Trinajstić information content (AvgIpc) is 2.23. The maximum Gasteiger partial charge on any atom is 0.477 e. The van der Waals surface area contributed by atoms with Gasteiger partial charge in [0.05, 0.1) is 0 Å². The van der Waals surface area contributed by atoms with Crippen LogP contribution in [0.5, 0.6) is 0 Å². The largest absolute Gasteiger partial charge is 0.477 e. The minimum absolute atomic E-state index is 0.345. The molecule has 0 saturated heterocycles. The van der Waals surface area contributed by atoms with Crippen LogP contribution in [-0.4, -0.2) is 24.3 Å². The second-order valence-corrected chi connectivity index (χ2v) is 8.18. The van der Waals surface area contributed by atoms with Crippen LogP contribution in [0.3, 0.4) is 0 Å². The fourth-order valence-corrected chi connectivity index (χ4v) is 5.46. The molecule has 0 aromatic rings. The molecule has 0 heterocycles. The van der Waals surface area contributed by atoms with Crippen molar-refractivity contribution in [3.63, 3.8) is 0 Å². The van der Waals surface area contributed by atoms with Crippen molar-refractivity contribution < 1.29 is 22.9 Å². The Balaban J connectivity index is 4.52. The Morgan fingerprint density at radius 2 is 1.50 bits per heavy atom. The summed E-state index contributed by atoms with van der Waals surface area (Å²) in [5.74, 6) is 0. The normalized spacial score (nSPS) is 16.0. The molecule has 0 saturated carbocycles. The highest BCUT2D eigenvalue weighted by Crippen LogP contribution is 2.62. The van der Waals surface area contributed by atoms with Crippen LogP contribution in [0.15, 0.2) is 0 Å². The number of phosphoric acid groups is 1. The fraction of sp³-hybridized carbons (Fsp3) is 1.00. The van der Waals surface area contributed by atoms with Crippen LogP contribution in [0.25, 0.3) is 0 Å². The van der Waals surface area contributed by atoms with Gasteiger partial charge in [0.15, 0.2) is 0 Å². The number of hydrogen-bond acceptors (Lipinski definition) is 4. The van der Waals surface area contributed by atoms with E-state index in [0.29, 0.717) is 12.3 Å². The summed E-state index contributed by atoms with van der Waals surface area (Å²) >= 11 is 0. The molecule has 1 unspecified atom stereocenters. The molecule has 98 valence electrons. The molecule has 5 nitrogen and oxygen atoms in total. The van der Waals surface area contributed by atoms with Gasteiger partial charge in [0.2, 0.25) is 7.37 Å². The van der Waals surface area contributed by atoms with Crippen molar-refractivity contribution in [1.82, 2.24) is 0 Å². The Bertz CT molecular complexity index is 267. The van der Waals surface area contributed by atoms with Crippen LogP contribution >= 0.6 is 15.2 Å². The monoisotopic (exact) mass is 272 g/mol.